The molecule has 0 radical (unpaired) electrons. The van der Waals surface area contributed by atoms with E-state index in [1.54, 1.807) is 12.1 Å². The van der Waals surface area contributed by atoms with Crippen molar-refractivity contribution >= 4 is 11.9 Å². The minimum absolute atomic E-state index is 0.00473. The summed E-state index contributed by atoms with van der Waals surface area (Å²) in [5.41, 5.74) is 1.76. The van der Waals surface area contributed by atoms with Gasteiger partial charge in [0.1, 0.15) is 17.1 Å². The number of hydrogen-bond donors (Lipinski definition) is 1. The normalized spacial score (nSPS) is 10.1. The Morgan fingerprint density at radius 3 is 2.27 bits per heavy atom. The van der Waals surface area contributed by atoms with Gasteiger partial charge in [-0.25, -0.2) is 9.59 Å². The molecule has 0 amide bonds. The SMILES string of the molecule is Cc1cccc(C)c1OCC(=O)Oc1ccccc1C(=O)O. The summed E-state index contributed by atoms with van der Waals surface area (Å²) in [6.07, 6.45) is 0. The highest BCUT2D eigenvalue weighted by atomic mass is 16.6. The fraction of sp³-hybridized carbons (Fsp3) is 0.176. The second kappa shape index (κ2) is 6.76. The van der Waals surface area contributed by atoms with Gasteiger partial charge in [-0.1, -0.05) is 30.3 Å². The predicted octanol–water partition coefficient (Wildman–Crippen LogP) is 2.99. The zero-order valence-corrected chi connectivity index (χ0v) is 12.3. The highest BCUT2D eigenvalue weighted by Crippen LogP contribution is 2.22. The Bertz CT molecular complexity index is 686. The van der Waals surface area contributed by atoms with Crippen LogP contribution in [0.15, 0.2) is 42.5 Å². The standard InChI is InChI=1S/C17H16O5/c1-11-6-5-7-12(2)16(11)21-10-15(18)22-14-9-4-3-8-13(14)17(19)20/h3-9H,10H2,1-2H3,(H,19,20). The molecular formula is C17H16O5. The first-order chi connectivity index (χ1) is 10.5. The minimum Gasteiger partial charge on any atom is -0.481 e. The number of aryl methyl sites for hydroxylation is 2. The molecule has 5 nitrogen and oxygen atoms in total. The van der Waals surface area contributed by atoms with Crippen molar-refractivity contribution in [2.24, 2.45) is 0 Å². The molecule has 0 saturated carbocycles. The van der Waals surface area contributed by atoms with Crippen LogP contribution in [-0.2, 0) is 4.79 Å². The number of carboxylic acid groups (broad SMARTS) is 1. The van der Waals surface area contributed by atoms with E-state index in [0.717, 1.165) is 11.1 Å². The molecule has 2 rings (SSSR count). The van der Waals surface area contributed by atoms with Crippen LogP contribution in [0.3, 0.4) is 0 Å². The molecule has 0 atom stereocenters. The molecule has 0 bridgehead atoms. The molecule has 0 saturated heterocycles. The molecule has 0 heterocycles. The summed E-state index contributed by atoms with van der Waals surface area (Å²) >= 11 is 0. The average molecular weight is 300 g/mol. The van der Waals surface area contributed by atoms with Crippen LogP contribution in [0.2, 0.25) is 0 Å². The van der Waals surface area contributed by atoms with Crippen molar-refractivity contribution in [3.05, 3.63) is 59.2 Å². The van der Waals surface area contributed by atoms with Crippen LogP contribution >= 0.6 is 0 Å². The molecule has 2 aromatic rings. The molecule has 0 spiro atoms. The van der Waals surface area contributed by atoms with E-state index in [0.29, 0.717) is 5.75 Å². The van der Waals surface area contributed by atoms with Crippen molar-refractivity contribution < 1.29 is 24.2 Å². The molecule has 0 aromatic heterocycles. The lowest BCUT2D eigenvalue weighted by atomic mass is 10.1. The van der Waals surface area contributed by atoms with E-state index in [1.807, 2.05) is 32.0 Å². The third-order valence-corrected chi connectivity index (χ3v) is 3.08. The summed E-state index contributed by atoms with van der Waals surface area (Å²) in [6, 6.07) is 11.6. The van der Waals surface area contributed by atoms with Gasteiger partial charge in [-0.05, 0) is 37.1 Å². The van der Waals surface area contributed by atoms with E-state index in [-0.39, 0.29) is 17.9 Å². The minimum atomic E-state index is -1.15. The van der Waals surface area contributed by atoms with Crippen LogP contribution in [0.25, 0.3) is 0 Å². The van der Waals surface area contributed by atoms with Crippen LogP contribution in [0.5, 0.6) is 11.5 Å². The van der Waals surface area contributed by atoms with Crippen LogP contribution < -0.4 is 9.47 Å². The molecule has 0 aliphatic carbocycles. The number of ether oxygens (including phenoxy) is 2. The molecule has 22 heavy (non-hydrogen) atoms. The van der Waals surface area contributed by atoms with Gasteiger partial charge in [0, 0.05) is 0 Å². The number of carbonyl (C=O) groups is 2. The number of rotatable bonds is 5. The van der Waals surface area contributed by atoms with Crippen molar-refractivity contribution in [1.29, 1.82) is 0 Å². The van der Waals surface area contributed by atoms with Gasteiger partial charge >= 0.3 is 11.9 Å². The summed E-state index contributed by atoms with van der Waals surface area (Å²) in [4.78, 5) is 22.9. The molecule has 5 heteroatoms. The second-order valence-electron chi connectivity index (χ2n) is 4.78. The predicted molar refractivity (Wildman–Crippen MR) is 80.4 cm³/mol. The Hall–Kier alpha value is -2.82. The average Bonchev–Trinajstić information content (AvgIpc) is 2.47. The maximum Gasteiger partial charge on any atom is 0.349 e. The van der Waals surface area contributed by atoms with Gasteiger partial charge in [-0.2, -0.15) is 0 Å². The lowest BCUT2D eigenvalue weighted by Gasteiger charge is -2.12. The van der Waals surface area contributed by atoms with E-state index < -0.39 is 11.9 Å². The lowest BCUT2D eigenvalue weighted by molar-refractivity contribution is -0.136. The first-order valence-electron chi connectivity index (χ1n) is 6.71. The summed E-state index contributed by atoms with van der Waals surface area (Å²) in [5, 5.41) is 9.04. The number of aromatic carboxylic acids is 1. The number of esters is 1. The molecule has 0 aliphatic rings. The smallest absolute Gasteiger partial charge is 0.349 e. The van der Waals surface area contributed by atoms with Gasteiger partial charge in [-0.15, -0.1) is 0 Å². The van der Waals surface area contributed by atoms with Gasteiger partial charge in [0.25, 0.3) is 0 Å². The highest BCUT2D eigenvalue weighted by molar-refractivity contribution is 5.92. The Morgan fingerprint density at radius 2 is 1.64 bits per heavy atom. The van der Waals surface area contributed by atoms with E-state index in [4.69, 9.17) is 14.6 Å². The van der Waals surface area contributed by atoms with E-state index in [2.05, 4.69) is 0 Å². The van der Waals surface area contributed by atoms with Gasteiger partial charge in [0.2, 0.25) is 0 Å². The summed E-state index contributed by atoms with van der Waals surface area (Å²) in [7, 11) is 0. The van der Waals surface area contributed by atoms with E-state index in [9.17, 15) is 9.59 Å². The number of carboxylic acids is 1. The summed E-state index contributed by atoms with van der Waals surface area (Å²) < 4.78 is 10.5. The number of hydrogen-bond acceptors (Lipinski definition) is 4. The van der Waals surface area contributed by atoms with Crippen molar-refractivity contribution in [1.82, 2.24) is 0 Å². The second-order valence-corrected chi connectivity index (χ2v) is 4.78. The molecule has 1 N–H and O–H groups in total. The summed E-state index contributed by atoms with van der Waals surface area (Å²) in [5.74, 6) is -1.17. The zero-order chi connectivity index (χ0) is 16.1. The van der Waals surface area contributed by atoms with Crippen molar-refractivity contribution in [3.8, 4) is 11.5 Å². The van der Waals surface area contributed by atoms with Gasteiger partial charge in [-0.3, -0.25) is 0 Å². The quantitative estimate of drug-likeness (QED) is 0.679. The Balaban J connectivity index is 2.04. The fourth-order valence-electron chi connectivity index (χ4n) is 2.04. The Morgan fingerprint density at radius 1 is 1.00 bits per heavy atom. The fourth-order valence-corrected chi connectivity index (χ4v) is 2.04. The van der Waals surface area contributed by atoms with Crippen LogP contribution in [0, 0.1) is 13.8 Å². The molecule has 0 unspecified atom stereocenters. The van der Waals surface area contributed by atoms with Crippen LogP contribution in [-0.4, -0.2) is 23.7 Å². The maximum atomic E-state index is 11.8. The van der Waals surface area contributed by atoms with Crippen LogP contribution in [0.1, 0.15) is 21.5 Å². The highest BCUT2D eigenvalue weighted by Gasteiger charge is 2.15. The first kappa shape index (κ1) is 15.6. The topological polar surface area (TPSA) is 72.8 Å². The summed E-state index contributed by atoms with van der Waals surface area (Å²) in [6.45, 7) is 3.47. The van der Waals surface area contributed by atoms with Crippen molar-refractivity contribution in [2.45, 2.75) is 13.8 Å². The zero-order valence-electron chi connectivity index (χ0n) is 12.3. The molecule has 114 valence electrons. The maximum absolute atomic E-state index is 11.8. The first-order valence-corrected chi connectivity index (χ1v) is 6.71. The van der Waals surface area contributed by atoms with Crippen molar-refractivity contribution in [2.75, 3.05) is 6.61 Å². The third-order valence-electron chi connectivity index (χ3n) is 3.08. The van der Waals surface area contributed by atoms with E-state index in [1.165, 1.54) is 12.1 Å². The molecular weight excluding hydrogens is 284 g/mol. The third kappa shape index (κ3) is 3.63. The van der Waals surface area contributed by atoms with Gasteiger partial charge < -0.3 is 14.6 Å². The molecule has 0 aliphatic heterocycles. The van der Waals surface area contributed by atoms with Gasteiger partial charge in [0.15, 0.2) is 6.61 Å². The molecule has 0 fully saturated rings. The Labute approximate surface area is 128 Å². The number of carbonyl (C=O) groups excluding carboxylic acids is 1. The van der Waals surface area contributed by atoms with Crippen LogP contribution in [0.4, 0.5) is 0 Å². The van der Waals surface area contributed by atoms with Crippen molar-refractivity contribution in [3.63, 3.8) is 0 Å². The number of para-hydroxylation sites is 2. The monoisotopic (exact) mass is 300 g/mol. The van der Waals surface area contributed by atoms with E-state index >= 15 is 0 Å². The Kier molecular flexibility index (Phi) is 4.78. The van der Waals surface area contributed by atoms with Gasteiger partial charge in [0.05, 0.1) is 0 Å². The largest absolute Gasteiger partial charge is 0.481 e. The number of benzene rings is 2. The lowest BCUT2D eigenvalue weighted by Crippen LogP contribution is -2.19. The molecule has 2 aromatic carbocycles.